The molecule has 0 aliphatic heterocycles. The maximum atomic E-state index is 12.8. The number of hydrogen-bond donors (Lipinski definition) is 1. The Morgan fingerprint density at radius 3 is 2.52 bits per heavy atom. The van der Waals surface area contributed by atoms with Crippen LogP contribution in [-0.4, -0.2) is 24.3 Å². The molecule has 4 rings (SSSR count). The van der Waals surface area contributed by atoms with Crippen molar-refractivity contribution in [2.24, 2.45) is 0 Å². The van der Waals surface area contributed by atoms with E-state index >= 15 is 0 Å². The molecule has 0 aliphatic carbocycles. The summed E-state index contributed by atoms with van der Waals surface area (Å²) in [6.45, 7) is 2.03. The van der Waals surface area contributed by atoms with E-state index in [1.807, 2.05) is 12.1 Å². The molecule has 0 spiro atoms. The summed E-state index contributed by atoms with van der Waals surface area (Å²) in [5.41, 5.74) is 2.32. The number of oxazole rings is 1. The Morgan fingerprint density at radius 1 is 1.06 bits per heavy atom. The first-order valence-corrected chi connectivity index (χ1v) is 12.1. The van der Waals surface area contributed by atoms with Crippen molar-refractivity contribution in [2.45, 2.75) is 24.1 Å². The van der Waals surface area contributed by atoms with Crippen molar-refractivity contribution in [3.63, 3.8) is 0 Å². The predicted molar refractivity (Wildman–Crippen MR) is 124 cm³/mol. The summed E-state index contributed by atoms with van der Waals surface area (Å²) in [6.07, 6.45) is 3.36. The Labute approximate surface area is 196 Å². The van der Waals surface area contributed by atoms with Gasteiger partial charge < -0.3 is 9.73 Å². The smallest absolute Gasteiger partial charge is 0.251 e. The molecule has 0 unspecified atom stereocenters. The van der Waals surface area contributed by atoms with Crippen molar-refractivity contribution in [3.8, 4) is 11.5 Å². The number of nitrogens with one attached hydrogen (secondary N) is 1. The molecule has 2 heterocycles. The number of pyridine rings is 1. The highest BCUT2D eigenvalue weighted by Crippen LogP contribution is 2.27. The van der Waals surface area contributed by atoms with E-state index in [4.69, 9.17) is 16.0 Å². The highest BCUT2D eigenvalue weighted by molar-refractivity contribution is 7.90. The van der Waals surface area contributed by atoms with Gasteiger partial charge in [-0.1, -0.05) is 29.8 Å². The normalized spacial score (nSPS) is 11.3. The van der Waals surface area contributed by atoms with Crippen LogP contribution in [0.15, 0.2) is 82.4 Å². The van der Waals surface area contributed by atoms with Gasteiger partial charge in [0.05, 0.1) is 15.6 Å². The lowest BCUT2D eigenvalue weighted by Crippen LogP contribution is -2.22. The van der Waals surface area contributed by atoms with Crippen LogP contribution in [0.1, 0.15) is 27.4 Å². The van der Waals surface area contributed by atoms with Gasteiger partial charge in [0, 0.05) is 30.1 Å². The third-order valence-electron chi connectivity index (χ3n) is 4.96. The zero-order chi connectivity index (χ0) is 23.4. The Kier molecular flexibility index (Phi) is 6.57. The van der Waals surface area contributed by atoms with Crippen LogP contribution in [0.2, 0.25) is 5.02 Å². The number of nitrogens with zero attached hydrogens (tertiary/aromatic N) is 2. The lowest BCUT2D eigenvalue weighted by Gasteiger charge is -2.05. The largest absolute Gasteiger partial charge is 0.441 e. The van der Waals surface area contributed by atoms with Gasteiger partial charge in [0.25, 0.3) is 5.91 Å². The maximum absolute atomic E-state index is 12.8. The molecule has 0 saturated heterocycles. The molecule has 4 aromatic rings. The molecule has 1 N–H and O–H groups in total. The number of halogens is 1. The van der Waals surface area contributed by atoms with Crippen LogP contribution in [0.5, 0.6) is 0 Å². The van der Waals surface area contributed by atoms with Crippen molar-refractivity contribution in [1.29, 1.82) is 0 Å². The standard InChI is InChI=1S/C24H20ClN3O4S/c1-16-21(15-33(30,31)22-7-3-2-6-20(22)25)28-24(32-16)19-10-8-18(9-11-19)23(29)27-14-17-5-4-12-26-13-17/h2-13H,14-15H2,1H3,(H,27,29). The third-order valence-corrected chi connectivity index (χ3v) is 7.08. The Morgan fingerprint density at radius 2 is 1.82 bits per heavy atom. The summed E-state index contributed by atoms with van der Waals surface area (Å²) in [7, 11) is -3.69. The lowest BCUT2D eigenvalue weighted by atomic mass is 10.1. The fourth-order valence-electron chi connectivity index (χ4n) is 3.19. The molecular formula is C24H20ClN3O4S. The van der Waals surface area contributed by atoms with Gasteiger partial charge in [0.15, 0.2) is 9.84 Å². The summed E-state index contributed by atoms with van der Waals surface area (Å²) in [4.78, 5) is 20.8. The van der Waals surface area contributed by atoms with Crippen LogP contribution in [0, 0.1) is 6.92 Å². The molecule has 2 aromatic carbocycles. The highest BCUT2D eigenvalue weighted by atomic mass is 35.5. The zero-order valence-electron chi connectivity index (χ0n) is 17.7. The van der Waals surface area contributed by atoms with Gasteiger partial charge in [-0.3, -0.25) is 9.78 Å². The predicted octanol–water partition coefficient (Wildman–Crippen LogP) is 4.60. The molecule has 1 amide bonds. The fraction of sp³-hybridized carbons (Fsp3) is 0.125. The van der Waals surface area contributed by atoms with E-state index in [2.05, 4.69) is 15.3 Å². The molecule has 0 saturated carbocycles. The van der Waals surface area contributed by atoms with Crippen LogP contribution in [-0.2, 0) is 22.1 Å². The van der Waals surface area contributed by atoms with Crippen molar-refractivity contribution in [1.82, 2.24) is 15.3 Å². The topological polar surface area (TPSA) is 102 Å². The number of rotatable bonds is 7. The number of sulfone groups is 1. The molecule has 9 heteroatoms. The molecule has 0 fully saturated rings. The zero-order valence-corrected chi connectivity index (χ0v) is 19.2. The minimum Gasteiger partial charge on any atom is -0.441 e. The monoisotopic (exact) mass is 481 g/mol. The van der Waals surface area contributed by atoms with Crippen molar-refractivity contribution >= 4 is 27.3 Å². The SMILES string of the molecule is Cc1oc(-c2ccc(C(=O)NCc3cccnc3)cc2)nc1CS(=O)(=O)c1ccccc1Cl. The Bertz CT molecular complexity index is 1380. The molecule has 0 aliphatic rings. The van der Waals surface area contributed by atoms with Crippen molar-refractivity contribution < 1.29 is 17.6 Å². The van der Waals surface area contributed by atoms with Crippen LogP contribution < -0.4 is 5.32 Å². The first-order chi connectivity index (χ1) is 15.8. The summed E-state index contributed by atoms with van der Waals surface area (Å²) in [5.74, 6) is 0.125. The number of aromatic nitrogens is 2. The quantitative estimate of drug-likeness (QED) is 0.413. The maximum Gasteiger partial charge on any atom is 0.251 e. The number of aryl methyl sites for hydroxylation is 1. The van der Waals surface area contributed by atoms with E-state index in [1.165, 1.54) is 12.1 Å². The summed E-state index contributed by atoms with van der Waals surface area (Å²) < 4.78 is 31.3. The molecule has 7 nitrogen and oxygen atoms in total. The summed E-state index contributed by atoms with van der Waals surface area (Å²) in [6, 6.07) is 16.7. The molecule has 168 valence electrons. The van der Waals surface area contributed by atoms with Crippen molar-refractivity contribution in [3.05, 3.63) is 101 Å². The van der Waals surface area contributed by atoms with E-state index in [-0.39, 0.29) is 27.5 Å². The molecule has 0 atom stereocenters. The van der Waals surface area contributed by atoms with Gasteiger partial charge in [0.1, 0.15) is 11.5 Å². The van der Waals surface area contributed by atoms with Gasteiger partial charge in [-0.2, -0.15) is 0 Å². The second kappa shape index (κ2) is 9.56. The van der Waals surface area contributed by atoms with Crippen LogP contribution in [0.4, 0.5) is 0 Å². The first kappa shape index (κ1) is 22.7. The first-order valence-electron chi connectivity index (χ1n) is 10.0. The van der Waals surface area contributed by atoms with E-state index in [0.717, 1.165) is 5.56 Å². The third kappa shape index (κ3) is 5.30. The average Bonchev–Trinajstić information content (AvgIpc) is 3.18. The van der Waals surface area contributed by atoms with Crippen LogP contribution in [0.3, 0.4) is 0 Å². The van der Waals surface area contributed by atoms with E-state index < -0.39 is 9.84 Å². The molecular weight excluding hydrogens is 462 g/mol. The van der Waals surface area contributed by atoms with Gasteiger partial charge in [-0.25, -0.2) is 13.4 Å². The molecule has 33 heavy (non-hydrogen) atoms. The van der Waals surface area contributed by atoms with E-state index in [0.29, 0.717) is 29.1 Å². The average molecular weight is 482 g/mol. The molecule has 0 bridgehead atoms. The number of hydrogen-bond acceptors (Lipinski definition) is 6. The summed E-state index contributed by atoms with van der Waals surface area (Å²) in [5, 5.41) is 3.00. The number of amides is 1. The minimum absolute atomic E-state index is 0.0530. The highest BCUT2D eigenvalue weighted by Gasteiger charge is 2.23. The van der Waals surface area contributed by atoms with Gasteiger partial charge in [-0.15, -0.1) is 0 Å². The number of carbonyl (C=O) groups is 1. The van der Waals surface area contributed by atoms with Gasteiger partial charge in [0.2, 0.25) is 5.89 Å². The van der Waals surface area contributed by atoms with Crippen molar-refractivity contribution in [2.75, 3.05) is 0 Å². The van der Waals surface area contributed by atoms with Gasteiger partial charge >= 0.3 is 0 Å². The lowest BCUT2D eigenvalue weighted by molar-refractivity contribution is 0.0951. The van der Waals surface area contributed by atoms with E-state index in [9.17, 15) is 13.2 Å². The summed E-state index contributed by atoms with van der Waals surface area (Å²) >= 11 is 6.05. The number of benzene rings is 2. The number of carbonyl (C=O) groups excluding carboxylic acids is 1. The molecule has 0 radical (unpaired) electrons. The van der Waals surface area contributed by atoms with Crippen LogP contribution in [0.25, 0.3) is 11.5 Å². The molecule has 2 aromatic heterocycles. The Balaban J connectivity index is 1.47. The minimum atomic E-state index is -3.69. The van der Waals surface area contributed by atoms with E-state index in [1.54, 1.807) is 55.7 Å². The fourth-order valence-corrected chi connectivity index (χ4v) is 5.11. The van der Waals surface area contributed by atoms with Crippen LogP contribution >= 0.6 is 11.6 Å². The Hall–Kier alpha value is -3.49. The second-order valence-corrected chi connectivity index (χ2v) is 9.70. The van der Waals surface area contributed by atoms with Gasteiger partial charge in [-0.05, 0) is 55.0 Å². The second-order valence-electron chi connectivity index (χ2n) is 7.33.